The Kier molecular flexibility index (Phi) is 7.62. The first-order chi connectivity index (χ1) is 9.00. The molecule has 1 rings (SSSR count). The predicted molar refractivity (Wildman–Crippen MR) is 80.9 cm³/mol. The van der Waals surface area contributed by atoms with E-state index < -0.39 is 0 Å². The second kappa shape index (κ2) is 8.18. The fourth-order valence-corrected chi connectivity index (χ4v) is 6.85. The van der Waals surface area contributed by atoms with Gasteiger partial charge in [-0.25, -0.2) is 0 Å². The van der Waals surface area contributed by atoms with Gasteiger partial charge in [0.25, 0.3) is 0 Å². The zero-order valence-corrected chi connectivity index (χ0v) is 15.9. The van der Waals surface area contributed by atoms with Gasteiger partial charge in [-0.3, -0.25) is 0 Å². The summed E-state index contributed by atoms with van der Waals surface area (Å²) in [6.07, 6.45) is 7.04. The number of nitrogens with one attached hydrogen (secondary N) is 2. The predicted octanol–water partition coefficient (Wildman–Crippen LogP) is 0.429. The van der Waals surface area contributed by atoms with Gasteiger partial charge in [0, 0.05) is 0 Å². The van der Waals surface area contributed by atoms with E-state index >= 15 is 0 Å². The van der Waals surface area contributed by atoms with Crippen LogP contribution in [-0.2, 0) is 0 Å². The second-order valence-corrected chi connectivity index (χ2v) is 10.0. The molecule has 0 radical (unpaired) electrons. The van der Waals surface area contributed by atoms with Crippen molar-refractivity contribution in [1.82, 2.24) is 8.85 Å². The molecule has 3 heteroatoms. The molecular formula is C16H34IN2-. The summed E-state index contributed by atoms with van der Waals surface area (Å²) in [6, 6.07) is 0.652. The molecule has 0 heterocycles. The van der Waals surface area contributed by atoms with Crippen LogP contribution in [-0.4, -0.2) is 24.1 Å². The Labute approximate surface area is 131 Å². The Hall–Kier alpha value is 0.650. The van der Waals surface area contributed by atoms with E-state index in [0.29, 0.717) is 11.5 Å². The number of hydrogen-bond donors (Lipinski definition) is 2. The van der Waals surface area contributed by atoms with Crippen LogP contribution in [0.2, 0.25) is 0 Å². The molecule has 1 aliphatic rings. The summed E-state index contributed by atoms with van der Waals surface area (Å²) in [5.74, 6) is 1.75. The van der Waals surface area contributed by atoms with Gasteiger partial charge in [-0.2, -0.15) is 0 Å². The molecule has 2 nitrogen and oxygen atoms in total. The minimum atomic E-state index is 0.241. The number of hydrogen-bond acceptors (Lipinski definition) is 2. The van der Waals surface area contributed by atoms with Crippen LogP contribution in [0.4, 0.5) is 0 Å². The molecule has 19 heavy (non-hydrogen) atoms. The summed E-state index contributed by atoms with van der Waals surface area (Å²) in [6.45, 7) is 9.68. The molecule has 0 amide bonds. The summed E-state index contributed by atoms with van der Waals surface area (Å²) in [7, 11) is 4.23. The topological polar surface area (TPSA) is 24.1 Å². The Morgan fingerprint density at radius 1 is 1.16 bits per heavy atom. The van der Waals surface area contributed by atoms with Crippen LogP contribution < -0.4 is 30.3 Å². The molecule has 0 spiro atoms. The van der Waals surface area contributed by atoms with Crippen LogP contribution in [0.1, 0.15) is 59.8 Å². The summed E-state index contributed by atoms with van der Waals surface area (Å²) < 4.78 is 4.49. The van der Waals surface area contributed by atoms with Crippen LogP contribution in [0.5, 0.6) is 0 Å². The number of halogens is 1. The van der Waals surface area contributed by atoms with Gasteiger partial charge < -0.3 is 0 Å². The van der Waals surface area contributed by atoms with E-state index in [1.165, 1.54) is 32.1 Å². The van der Waals surface area contributed by atoms with Gasteiger partial charge in [-0.15, -0.1) is 0 Å². The van der Waals surface area contributed by atoms with E-state index in [-0.39, 0.29) is 21.5 Å². The first-order valence-electron chi connectivity index (χ1n) is 7.96. The Morgan fingerprint density at radius 2 is 1.79 bits per heavy atom. The van der Waals surface area contributed by atoms with E-state index in [0.717, 1.165) is 15.8 Å². The molecule has 3 atom stereocenters. The third kappa shape index (κ3) is 4.31. The van der Waals surface area contributed by atoms with Crippen LogP contribution in [0.3, 0.4) is 0 Å². The summed E-state index contributed by atoms with van der Waals surface area (Å²) >= 11 is 0.241. The fourth-order valence-electron chi connectivity index (χ4n) is 3.89. The Bertz CT molecular complexity index is 251. The van der Waals surface area contributed by atoms with Crippen molar-refractivity contribution >= 4 is 0 Å². The molecule has 116 valence electrons. The summed E-state index contributed by atoms with van der Waals surface area (Å²) in [5.41, 5.74) is 0.641. The Balaban J connectivity index is 2.66. The molecule has 1 fully saturated rings. The number of rotatable bonds is 9. The molecule has 1 aliphatic carbocycles. The summed E-state index contributed by atoms with van der Waals surface area (Å²) in [4.78, 5) is 0. The van der Waals surface area contributed by atoms with Gasteiger partial charge >= 0.3 is 131 Å². The van der Waals surface area contributed by atoms with Gasteiger partial charge in [0.15, 0.2) is 0 Å². The Morgan fingerprint density at radius 3 is 2.26 bits per heavy atom. The SMILES string of the molecule is CCCC(C)C1(C(C)CC(C)NC)CC([I-]NC)C1. The molecule has 0 aliphatic heterocycles. The zero-order valence-electron chi connectivity index (χ0n) is 13.7. The van der Waals surface area contributed by atoms with Crippen molar-refractivity contribution < 1.29 is 21.5 Å². The van der Waals surface area contributed by atoms with Crippen molar-refractivity contribution in [3.63, 3.8) is 0 Å². The average molecular weight is 381 g/mol. The molecule has 2 N–H and O–H groups in total. The maximum absolute atomic E-state index is 3.47. The van der Waals surface area contributed by atoms with Gasteiger partial charge in [-0.1, -0.05) is 0 Å². The van der Waals surface area contributed by atoms with Gasteiger partial charge in [0.1, 0.15) is 0 Å². The molecule has 0 aromatic heterocycles. The van der Waals surface area contributed by atoms with Crippen molar-refractivity contribution in [3.05, 3.63) is 0 Å². The van der Waals surface area contributed by atoms with E-state index in [2.05, 4.69) is 50.6 Å². The van der Waals surface area contributed by atoms with Crippen LogP contribution in [0, 0.1) is 17.3 Å². The normalized spacial score (nSPS) is 31.8. The standard InChI is InChI=1S/C16H34IN2/c1-7-8-12(2)16(10-15(11-16)17-19-6)13(3)9-14(4)18-5/h12-15,18-19H,7-11H2,1-6H3/q-1. The van der Waals surface area contributed by atoms with Gasteiger partial charge in [0.2, 0.25) is 0 Å². The molecule has 0 bridgehead atoms. The van der Waals surface area contributed by atoms with Gasteiger partial charge in [0.05, 0.1) is 0 Å². The quantitative estimate of drug-likeness (QED) is 0.344. The maximum atomic E-state index is 3.47. The molecule has 0 saturated heterocycles. The molecule has 3 unspecified atom stereocenters. The monoisotopic (exact) mass is 381 g/mol. The molecule has 0 aromatic carbocycles. The third-order valence-corrected chi connectivity index (χ3v) is 7.74. The first-order valence-corrected chi connectivity index (χ1v) is 10.3. The van der Waals surface area contributed by atoms with E-state index in [9.17, 15) is 0 Å². The number of alkyl halides is 1. The van der Waals surface area contributed by atoms with Crippen molar-refractivity contribution in [1.29, 1.82) is 0 Å². The van der Waals surface area contributed by atoms with Crippen molar-refractivity contribution in [3.8, 4) is 0 Å². The minimum absolute atomic E-state index is 0.241. The van der Waals surface area contributed by atoms with Crippen LogP contribution >= 0.6 is 0 Å². The van der Waals surface area contributed by atoms with Crippen molar-refractivity contribution in [2.45, 2.75) is 69.8 Å². The molecule has 1 saturated carbocycles. The second-order valence-electron chi connectivity index (χ2n) is 6.55. The molecule has 0 aromatic rings. The van der Waals surface area contributed by atoms with Crippen LogP contribution in [0.25, 0.3) is 0 Å². The van der Waals surface area contributed by atoms with Gasteiger partial charge in [-0.05, 0) is 0 Å². The zero-order chi connectivity index (χ0) is 14.5. The molecular weight excluding hydrogens is 347 g/mol. The fraction of sp³-hybridized carbons (Fsp3) is 1.00. The van der Waals surface area contributed by atoms with E-state index in [1.54, 1.807) is 0 Å². The van der Waals surface area contributed by atoms with E-state index in [4.69, 9.17) is 0 Å². The van der Waals surface area contributed by atoms with E-state index in [1.807, 2.05) is 0 Å². The third-order valence-electron chi connectivity index (χ3n) is 5.35. The van der Waals surface area contributed by atoms with Crippen molar-refractivity contribution in [2.24, 2.45) is 17.3 Å². The first kappa shape index (κ1) is 17.7. The average Bonchev–Trinajstić information content (AvgIpc) is 2.32. The van der Waals surface area contributed by atoms with Crippen LogP contribution in [0.15, 0.2) is 0 Å². The van der Waals surface area contributed by atoms with Crippen molar-refractivity contribution in [2.75, 3.05) is 14.1 Å². The summed E-state index contributed by atoms with van der Waals surface area (Å²) in [5, 5.41) is 3.42.